The van der Waals surface area contributed by atoms with Crippen LogP contribution in [-0.4, -0.2) is 33.0 Å². The van der Waals surface area contributed by atoms with Crippen molar-refractivity contribution < 1.29 is 13.9 Å². The van der Waals surface area contributed by atoms with Gasteiger partial charge in [-0.15, -0.1) is 10.2 Å². The Morgan fingerprint density at radius 3 is 2.80 bits per heavy atom. The number of hydrogen-bond donors (Lipinski definition) is 1. The Balaban J connectivity index is 1.47. The molecule has 25 heavy (non-hydrogen) atoms. The van der Waals surface area contributed by atoms with Crippen LogP contribution in [0.2, 0.25) is 0 Å². The topological polar surface area (TPSA) is 69.0 Å². The van der Waals surface area contributed by atoms with Crippen LogP contribution in [0.3, 0.4) is 0 Å². The second-order valence-electron chi connectivity index (χ2n) is 6.06. The number of thioether (sulfide) groups is 1. The predicted molar refractivity (Wildman–Crippen MR) is 92.9 cm³/mol. The standard InChI is InChI=1S/C17H21FN4O2S/c1-11(19-16(23)12-3-4-12)15-20-21-17(22(15)2)25-10-9-24-14-7-5-13(18)6-8-14/h5-8,11-12H,3-4,9-10H2,1-2H3,(H,19,23). The van der Waals surface area contributed by atoms with Gasteiger partial charge >= 0.3 is 0 Å². The summed E-state index contributed by atoms with van der Waals surface area (Å²) in [6.07, 6.45) is 1.96. The monoisotopic (exact) mass is 364 g/mol. The summed E-state index contributed by atoms with van der Waals surface area (Å²) in [5.74, 6) is 2.04. The van der Waals surface area contributed by atoms with Gasteiger partial charge in [0.1, 0.15) is 11.6 Å². The van der Waals surface area contributed by atoms with E-state index in [0.717, 1.165) is 23.8 Å². The molecule has 1 aromatic carbocycles. The largest absolute Gasteiger partial charge is 0.493 e. The number of nitrogens with one attached hydrogen (secondary N) is 1. The van der Waals surface area contributed by atoms with E-state index in [0.29, 0.717) is 18.1 Å². The first kappa shape index (κ1) is 17.7. The fourth-order valence-corrected chi connectivity index (χ4v) is 3.13. The predicted octanol–water partition coefficient (Wildman–Crippen LogP) is 2.71. The average molecular weight is 364 g/mol. The highest BCUT2D eigenvalue weighted by Gasteiger charge is 2.31. The van der Waals surface area contributed by atoms with E-state index in [1.54, 1.807) is 12.1 Å². The fraction of sp³-hybridized carbons (Fsp3) is 0.471. The number of hydrogen-bond acceptors (Lipinski definition) is 5. The molecule has 1 N–H and O–H groups in total. The van der Waals surface area contributed by atoms with Crippen molar-refractivity contribution >= 4 is 17.7 Å². The molecule has 0 aliphatic heterocycles. The second kappa shape index (κ2) is 7.86. The van der Waals surface area contributed by atoms with E-state index in [1.807, 2.05) is 18.5 Å². The van der Waals surface area contributed by atoms with Crippen LogP contribution in [0.4, 0.5) is 4.39 Å². The van der Waals surface area contributed by atoms with Crippen LogP contribution in [-0.2, 0) is 11.8 Å². The molecule has 1 aliphatic carbocycles. The number of benzene rings is 1. The second-order valence-corrected chi connectivity index (χ2v) is 7.12. The Labute approximate surface area is 150 Å². The molecule has 0 spiro atoms. The number of ether oxygens (including phenoxy) is 1. The van der Waals surface area contributed by atoms with Gasteiger partial charge in [0.2, 0.25) is 5.91 Å². The van der Waals surface area contributed by atoms with E-state index in [4.69, 9.17) is 4.74 Å². The number of aromatic nitrogens is 3. The van der Waals surface area contributed by atoms with Crippen molar-refractivity contribution in [3.8, 4) is 5.75 Å². The summed E-state index contributed by atoms with van der Waals surface area (Å²) in [6.45, 7) is 2.39. The molecule has 1 amide bonds. The number of halogens is 1. The number of amides is 1. The number of carbonyl (C=O) groups is 1. The summed E-state index contributed by atoms with van der Waals surface area (Å²) in [4.78, 5) is 11.9. The van der Waals surface area contributed by atoms with Crippen LogP contribution in [0.25, 0.3) is 0 Å². The Morgan fingerprint density at radius 2 is 2.12 bits per heavy atom. The minimum atomic E-state index is -0.281. The number of rotatable bonds is 8. The molecular formula is C17H21FN4O2S. The number of carbonyl (C=O) groups excluding carboxylic acids is 1. The molecule has 8 heteroatoms. The average Bonchev–Trinajstić information content (AvgIpc) is 3.38. The molecule has 1 fully saturated rings. The Bertz CT molecular complexity index is 731. The van der Waals surface area contributed by atoms with Gasteiger partial charge in [-0.2, -0.15) is 0 Å². The van der Waals surface area contributed by atoms with Gasteiger partial charge in [-0.1, -0.05) is 11.8 Å². The van der Waals surface area contributed by atoms with Gasteiger partial charge in [0.25, 0.3) is 0 Å². The lowest BCUT2D eigenvalue weighted by Gasteiger charge is -2.13. The molecule has 0 saturated heterocycles. The first-order chi connectivity index (χ1) is 12.0. The molecular weight excluding hydrogens is 343 g/mol. The van der Waals surface area contributed by atoms with Crippen LogP contribution in [0.1, 0.15) is 31.6 Å². The lowest BCUT2D eigenvalue weighted by molar-refractivity contribution is -0.123. The van der Waals surface area contributed by atoms with Gasteiger partial charge in [0, 0.05) is 18.7 Å². The van der Waals surface area contributed by atoms with Gasteiger partial charge in [-0.05, 0) is 44.0 Å². The Kier molecular flexibility index (Phi) is 5.57. The Hall–Kier alpha value is -2.09. The highest BCUT2D eigenvalue weighted by molar-refractivity contribution is 7.99. The highest BCUT2D eigenvalue weighted by Crippen LogP contribution is 2.29. The zero-order valence-electron chi connectivity index (χ0n) is 14.2. The first-order valence-electron chi connectivity index (χ1n) is 8.25. The molecule has 1 unspecified atom stereocenters. The van der Waals surface area contributed by atoms with Crippen LogP contribution < -0.4 is 10.1 Å². The molecule has 0 bridgehead atoms. The van der Waals surface area contributed by atoms with E-state index in [-0.39, 0.29) is 23.7 Å². The highest BCUT2D eigenvalue weighted by atomic mass is 32.2. The van der Waals surface area contributed by atoms with E-state index in [1.165, 1.54) is 23.9 Å². The molecule has 1 saturated carbocycles. The SMILES string of the molecule is CC(NC(=O)C1CC1)c1nnc(SCCOc2ccc(F)cc2)n1C. The minimum absolute atomic E-state index is 0.0948. The molecule has 0 radical (unpaired) electrons. The van der Waals surface area contributed by atoms with Crippen molar-refractivity contribution in [2.24, 2.45) is 13.0 Å². The quantitative estimate of drug-likeness (QED) is 0.576. The van der Waals surface area contributed by atoms with E-state index >= 15 is 0 Å². The first-order valence-corrected chi connectivity index (χ1v) is 9.24. The fourth-order valence-electron chi connectivity index (χ4n) is 2.39. The van der Waals surface area contributed by atoms with Crippen molar-refractivity contribution in [3.05, 3.63) is 35.9 Å². The molecule has 1 atom stereocenters. The molecule has 134 valence electrons. The normalized spacial score (nSPS) is 15.0. The Morgan fingerprint density at radius 1 is 1.40 bits per heavy atom. The molecule has 1 aromatic heterocycles. The van der Waals surface area contributed by atoms with Crippen molar-refractivity contribution in [1.29, 1.82) is 0 Å². The molecule has 1 aliphatic rings. The maximum atomic E-state index is 12.8. The smallest absolute Gasteiger partial charge is 0.223 e. The summed E-state index contributed by atoms with van der Waals surface area (Å²) >= 11 is 1.52. The van der Waals surface area contributed by atoms with Gasteiger partial charge < -0.3 is 14.6 Å². The third-order valence-electron chi connectivity index (χ3n) is 3.96. The van der Waals surface area contributed by atoms with Crippen molar-refractivity contribution in [2.75, 3.05) is 12.4 Å². The van der Waals surface area contributed by atoms with Crippen molar-refractivity contribution in [1.82, 2.24) is 20.1 Å². The lowest BCUT2D eigenvalue weighted by atomic mass is 10.3. The molecule has 2 aromatic rings. The van der Waals surface area contributed by atoms with E-state index in [2.05, 4.69) is 15.5 Å². The summed E-state index contributed by atoms with van der Waals surface area (Å²) in [6, 6.07) is 5.77. The van der Waals surface area contributed by atoms with Crippen LogP contribution in [0, 0.1) is 11.7 Å². The zero-order valence-corrected chi connectivity index (χ0v) is 15.1. The van der Waals surface area contributed by atoms with Crippen LogP contribution in [0.15, 0.2) is 29.4 Å². The summed E-state index contributed by atoms with van der Waals surface area (Å²) in [7, 11) is 1.89. The van der Waals surface area contributed by atoms with Crippen molar-refractivity contribution in [2.45, 2.75) is 31.0 Å². The van der Waals surface area contributed by atoms with Gasteiger partial charge in [-0.3, -0.25) is 4.79 Å². The number of nitrogens with zero attached hydrogens (tertiary/aromatic N) is 3. The summed E-state index contributed by atoms with van der Waals surface area (Å²) < 4.78 is 20.3. The van der Waals surface area contributed by atoms with Crippen LogP contribution in [0.5, 0.6) is 5.75 Å². The third-order valence-corrected chi connectivity index (χ3v) is 4.94. The third kappa shape index (κ3) is 4.72. The zero-order chi connectivity index (χ0) is 17.8. The van der Waals surface area contributed by atoms with Gasteiger partial charge in [0.15, 0.2) is 11.0 Å². The molecule has 6 nitrogen and oxygen atoms in total. The maximum Gasteiger partial charge on any atom is 0.223 e. The molecule has 1 heterocycles. The van der Waals surface area contributed by atoms with Crippen LogP contribution >= 0.6 is 11.8 Å². The van der Waals surface area contributed by atoms with Gasteiger partial charge in [0.05, 0.1) is 12.6 Å². The van der Waals surface area contributed by atoms with E-state index < -0.39 is 0 Å². The molecule has 3 rings (SSSR count). The summed E-state index contributed by atoms with van der Waals surface area (Å²) in [5.41, 5.74) is 0. The van der Waals surface area contributed by atoms with Gasteiger partial charge in [-0.25, -0.2) is 4.39 Å². The lowest BCUT2D eigenvalue weighted by Crippen LogP contribution is -2.29. The van der Waals surface area contributed by atoms with E-state index in [9.17, 15) is 9.18 Å². The van der Waals surface area contributed by atoms with Crippen molar-refractivity contribution in [3.63, 3.8) is 0 Å². The summed E-state index contributed by atoms with van der Waals surface area (Å²) in [5, 5.41) is 12.1. The minimum Gasteiger partial charge on any atom is -0.493 e. The maximum absolute atomic E-state index is 12.8.